The van der Waals surface area contributed by atoms with E-state index in [1.165, 1.54) is 0 Å². The Balaban J connectivity index is 1.78. The average Bonchev–Trinajstić information content (AvgIpc) is 3.15. The Bertz CT molecular complexity index is 777. The van der Waals surface area contributed by atoms with Crippen LogP contribution in [-0.4, -0.2) is 28.2 Å². The number of rotatable bonds is 2. The average molecular weight is 280 g/mol. The minimum Gasteiger partial charge on any atom is -0.339 e. The third kappa shape index (κ3) is 2.10. The van der Waals surface area contributed by atoms with Crippen LogP contribution in [0, 0.1) is 5.92 Å². The second-order valence-electron chi connectivity index (χ2n) is 5.58. The summed E-state index contributed by atoms with van der Waals surface area (Å²) in [6.07, 6.45) is 1.79. The predicted octanol–water partition coefficient (Wildman–Crippen LogP) is 2.61. The number of hydrogen-bond donors (Lipinski definition) is 1. The number of benzene rings is 1. The van der Waals surface area contributed by atoms with E-state index in [1.54, 1.807) is 6.20 Å². The van der Waals surface area contributed by atoms with Gasteiger partial charge in [0.25, 0.3) is 0 Å². The predicted molar refractivity (Wildman–Crippen MR) is 79.8 cm³/mol. The molecule has 1 aromatic carbocycles. The third-order valence-corrected chi connectivity index (χ3v) is 4.16. The minimum absolute atomic E-state index is 0.293. The van der Waals surface area contributed by atoms with E-state index >= 15 is 0 Å². The molecule has 106 valence electrons. The summed E-state index contributed by atoms with van der Waals surface area (Å²) in [5, 5.41) is 9.67. The van der Waals surface area contributed by atoms with Crippen molar-refractivity contribution >= 4 is 10.8 Å². The van der Waals surface area contributed by atoms with Gasteiger partial charge in [-0.05, 0) is 23.9 Å². The van der Waals surface area contributed by atoms with Gasteiger partial charge in [-0.1, -0.05) is 36.3 Å². The molecule has 2 unspecified atom stereocenters. The maximum atomic E-state index is 5.48. The summed E-state index contributed by atoms with van der Waals surface area (Å²) >= 11 is 0. The molecule has 5 nitrogen and oxygen atoms in total. The lowest BCUT2D eigenvalue weighted by Crippen LogP contribution is -2.08. The number of aromatic nitrogens is 3. The Labute approximate surface area is 122 Å². The van der Waals surface area contributed by atoms with Crippen LogP contribution in [0.4, 0.5) is 0 Å². The van der Waals surface area contributed by atoms with Gasteiger partial charge in [-0.3, -0.25) is 4.98 Å². The fraction of sp³-hybridized carbons (Fsp3) is 0.312. The molecule has 0 radical (unpaired) electrons. The van der Waals surface area contributed by atoms with E-state index < -0.39 is 0 Å². The van der Waals surface area contributed by atoms with Gasteiger partial charge in [0.1, 0.15) is 5.69 Å². The molecule has 5 heteroatoms. The highest BCUT2D eigenvalue weighted by atomic mass is 16.5. The maximum absolute atomic E-state index is 5.48. The lowest BCUT2D eigenvalue weighted by molar-refractivity contribution is 0.340. The molecular formula is C16H16N4O. The zero-order valence-corrected chi connectivity index (χ0v) is 11.8. The molecule has 0 saturated carbocycles. The van der Waals surface area contributed by atoms with Crippen LogP contribution in [-0.2, 0) is 0 Å². The molecule has 0 aliphatic carbocycles. The first-order valence-electron chi connectivity index (χ1n) is 7.21. The molecule has 2 aromatic heterocycles. The molecule has 3 aromatic rings. The number of pyridine rings is 1. The number of nitrogens with zero attached hydrogens (tertiary/aromatic N) is 3. The molecule has 3 heterocycles. The first-order valence-corrected chi connectivity index (χ1v) is 7.21. The lowest BCUT2D eigenvalue weighted by Gasteiger charge is -2.07. The molecule has 1 fully saturated rings. The van der Waals surface area contributed by atoms with Crippen LogP contribution in [0.2, 0.25) is 0 Å². The van der Waals surface area contributed by atoms with E-state index in [0.29, 0.717) is 23.6 Å². The van der Waals surface area contributed by atoms with Crippen molar-refractivity contribution in [3.63, 3.8) is 0 Å². The van der Waals surface area contributed by atoms with Crippen LogP contribution < -0.4 is 5.32 Å². The van der Waals surface area contributed by atoms with Crippen LogP contribution in [0.3, 0.4) is 0 Å². The Morgan fingerprint density at radius 3 is 2.95 bits per heavy atom. The van der Waals surface area contributed by atoms with E-state index in [9.17, 15) is 0 Å². The fourth-order valence-corrected chi connectivity index (χ4v) is 2.92. The van der Waals surface area contributed by atoms with Gasteiger partial charge in [-0.2, -0.15) is 4.98 Å². The van der Waals surface area contributed by atoms with Gasteiger partial charge in [0.05, 0.1) is 5.92 Å². The van der Waals surface area contributed by atoms with Crippen molar-refractivity contribution in [1.82, 2.24) is 20.4 Å². The Hall–Kier alpha value is -2.27. The first kappa shape index (κ1) is 12.5. The molecule has 4 rings (SSSR count). The SMILES string of the molecule is CC1CNCC1c1nc(-c2nccc3ccccc23)no1. The summed E-state index contributed by atoms with van der Waals surface area (Å²) in [6.45, 7) is 4.09. The minimum atomic E-state index is 0.293. The third-order valence-electron chi connectivity index (χ3n) is 4.16. The molecule has 0 spiro atoms. The summed E-state index contributed by atoms with van der Waals surface area (Å²) in [7, 11) is 0. The van der Waals surface area contributed by atoms with Crippen LogP contribution >= 0.6 is 0 Å². The van der Waals surface area contributed by atoms with Gasteiger partial charge in [-0.25, -0.2) is 0 Å². The maximum Gasteiger partial charge on any atom is 0.231 e. The molecule has 21 heavy (non-hydrogen) atoms. The second-order valence-corrected chi connectivity index (χ2v) is 5.58. The van der Waals surface area contributed by atoms with E-state index in [4.69, 9.17) is 4.52 Å². The summed E-state index contributed by atoms with van der Waals surface area (Å²) in [5.41, 5.74) is 0.779. The number of hydrogen-bond acceptors (Lipinski definition) is 5. The van der Waals surface area contributed by atoms with Crippen molar-refractivity contribution < 1.29 is 4.52 Å². The topological polar surface area (TPSA) is 63.8 Å². The Morgan fingerprint density at radius 1 is 1.19 bits per heavy atom. The monoisotopic (exact) mass is 280 g/mol. The molecule has 1 aliphatic rings. The quantitative estimate of drug-likeness (QED) is 0.781. The molecule has 1 saturated heterocycles. The van der Waals surface area contributed by atoms with Crippen molar-refractivity contribution in [2.24, 2.45) is 5.92 Å². The van der Waals surface area contributed by atoms with Gasteiger partial charge in [0, 0.05) is 18.1 Å². The van der Waals surface area contributed by atoms with Crippen molar-refractivity contribution in [2.75, 3.05) is 13.1 Å². The number of nitrogens with one attached hydrogen (secondary N) is 1. The summed E-state index contributed by atoms with van der Waals surface area (Å²) < 4.78 is 5.48. The van der Waals surface area contributed by atoms with E-state index in [2.05, 4.69) is 33.4 Å². The van der Waals surface area contributed by atoms with Crippen LogP contribution in [0.1, 0.15) is 18.7 Å². The summed E-state index contributed by atoms with van der Waals surface area (Å²) in [4.78, 5) is 9.02. The van der Waals surface area contributed by atoms with Crippen molar-refractivity contribution in [3.05, 3.63) is 42.4 Å². The normalized spacial score (nSPS) is 22.0. The van der Waals surface area contributed by atoms with Crippen LogP contribution in [0.25, 0.3) is 22.3 Å². The second kappa shape index (κ2) is 4.93. The van der Waals surface area contributed by atoms with E-state index in [-0.39, 0.29) is 0 Å². The molecule has 1 aliphatic heterocycles. The Kier molecular flexibility index (Phi) is 2.93. The van der Waals surface area contributed by atoms with Gasteiger partial charge < -0.3 is 9.84 Å². The highest BCUT2D eigenvalue weighted by Gasteiger charge is 2.30. The highest BCUT2D eigenvalue weighted by molar-refractivity contribution is 5.92. The van der Waals surface area contributed by atoms with Crippen LogP contribution in [0.15, 0.2) is 41.1 Å². The van der Waals surface area contributed by atoms with Crippen molar-refractivity contribution in [3.8, 4) is 11.5 Å². The van der Waals surface area contributed by atoms with Crippen LogP contribution in [0.5, 0.6) is 0 Å². The molecule has 1 N–H and O–H groups in total. The van der Waals surface area contributed by atoms with Crippen molar-refractivity contribution in [2.45, 2.75) is 12.8 Å². The van der Waals surface area contributed by atoms with E-state index in [0.717, 1.165) is 29.6 Å². The largest absolute Gasteiger partial charge is 0.339 e. The summed E-state index contributed by atoms with van der Waals surface area (Å²) in [6, 6.07) is 10.1. The van der Waals surface area contributed by atoms with Gasteiger partial charge in [0.2, 0.25) is 11.7 Å². The zero-order valence-electron chi connectivity index (χ0n) is 11.8. The van der Waals surface area contributed by atoms with Crippen molar-refractivity contribution in [1.29, 1.82) is 0 Å². The summed E-state index contributed by atoms with van der Waals surface area (Å²) in [5.74, 6) is 2.08. The van der Waals surface area contributed by atoms with E-state index in [1.807, 2.05) is 24.3 Å². The van der Waals surface area contributed by atoms with Gasteiger partial charge >= 0.3 is 0 Å². The standard InChI is InChI=1S/C16H16N4O/c1-10-8-17-9-13(10)16-19-15(20-21-16)14-12-5-3-2-4-11(12)6-7-18-14/h2-7,10,13,17H,8-9H2,1H3. The highest BCUT2D eigenvalue weighted by Crippen LogP contribution is 2.29. The molecule has 2 atom stereocenters. The number of fused-ring (bicyclic) bond motifs is 1. The van der Waals surface area contributed by atoms with Gasteiger partial charge in [-0.15, -0.1) is 0 Å². The van der Waals surface area contributed by atoms with Gasteiger partial charge in [0.15, 0.2) is 0 Å². The molecule has 0 amide bonds. The molecule has 0 bridgehead atoms. The zero-order chi connectivity index (χ0) is 14.2. The Morgan fingerprint density at radius 2 is 2.10 bits per heavy atom. The molecular weight excluding hydrogens is 264 g/mol. The lowest BCUT2D eigenvalue weighted by atomic mass is 9.98. The first-order chi connectivity index (χ1) is 10.3. The fourth-order valence-electron chi connectivity index (χ4n) is 2.92. The smallest absolute Gasteiger partial charge is 0.231 e.